The molecule has 0 atom stereocenters. The summed E-state index contributed by atoms with van der Waals surface area (Å²) in [6.45, 7) is 6.84. The van der Waals surface area contributed by atoms with Gasteiger partial charge in [-0.3, -0.25) is 0 Å². The molecule has 1 amide bonds. The number of hydrogen-bond acceptors (Lipinski definition) is 4. The van der Waals surface area contributed by atoms with E-state index in [0.717, 1.165) is 26.1 Å². The Hall–Kier alpha value is -1.28. The van der Waals surface area contributed by atoms with Crippen LogP contribution in [0.3, 0.4) is 0 Å². The van der Waals surface area contributed by atoms with Crippen molar-refractivity contribution < 1.29 is 14.3 Å². The highest BCUT2D eigenvalue weighted by molar-refractivity contribution is 5.65. The average molecular weight is 228 g/mol. The Labute approximate surface area is 96.5 Å². The Morgan fingerprint density at radius 1 is 1.44 bits per heavy atom. The first-order valence-electron chi connectivity index (χ1n) is 5.31. The van der Waals surface area contributed by atoms with Crippen molar-refractivity contribution in [2.75, 3.05) is 13.2 Å². The maximum absolute atomic E-state index is 10.0. The van der Waals surface area contributed by atoms with Crippen molar-refractivity contribution in [2.45, 2.75) is 39.2 Å². The molecule has 0 aromatic heterocycles. The average Bonchev–Trinajstić information content (AvgIpc) is 2.16. The molecule has 1 fully saturated rings. The van der Waals surface area contributed by atoms with Gasteiger partial charge in [0.15, 0.2) is 0 Å². The van der Waals surface area contributed by atoms with Crippen molar-refractivity contribution in [3.05, 3.63) is 0 Å². The lowest BCUT2D eigenvalue weighted by Gasteiger charge is -2.16. The fraction of sp³-hybridized carbons (Fsp3) is 0.818. The second-order valence-corrected chi connectivity index (χ2v) is 4.55. The fourth-order valence-corrected chi connectivity index (χ4v) is 1.13. The summed E-state index contributed by atoms with van der Waals surface area (Å²) < 4.78 is 9.63. The smallest absolute Gasteiger partial charge is 0.405 e. The van der Waals surface area contributed by atoms with Gasteiger partial charge in [0, 0.05) is 13.2 Å². The number of nitrogens with two attached hydrogens (primary N) is 1. The lowest BCUT2D eigenvalue weighted by atomic mass is 10.0. The van der Waals surface area contributed by atoms with E-state index in [1.165, 1.54) is 0 Å². The number of hydrogen-bond donors (Lipinski definition) is 1. The minimum atomic E-state index is -0.725. The lowest BCUT2D eigenvalue weighted by Crippen LogP contribution is -2.27. The number of rotatable bonds is 0. The molecule has 0 saturated carbocycles. The summed E-state index contributed by atoms with van der Waals surface area (Å²) in [5.41, 5.74) is 4.26. The zero-order valence-electron chi connectivity index (χ0n) is 10.2. The second-order valence-electron chi connectivity index (χ2n) is 4.55. The lowest BCUT2D eigenvalue weighted by molar-refractivity contribution is 0.0600. The molecule has 1 saturated heterocycles. The van der Waals surface area contributed by atoms with Gasteiger partial charge < -0.3 is 15.2 Å². The monoisotopic (exact) mass is 228 g/mol. The molecule has 92 valence electrons. The van der Waals surface area contributed by atoms with Gasteiger partial charge in [0.25, 0.3) is 0 Å². The first kappa shape index (κ1) is 14.7. The van der Waals surface area contributed by atoms with E-state index in [-0.39, 0.29) is 5.92 Å². The molecular weight excluding hydrogens is 208 g/mol. The van der Waals surface area contributed by atoms with Crippen LogP contribution in [0.15, 0.2) is 0 Å². The van der Waals surface area contributed by atoms with Gasteiger partial charge in [0.05, 0.1) is 12.0 Å². The Morgan fingerprint density at radius 2 is 1.94 bits per heavy atom. The van der Waals surface area contributed by atoms with Crippen molar-refractivity contribution in [1.82, 2.24) is 0 Å². The third-order valence-corrected chi connectivity index (χ3v) is 1.81. The third kappa shape index (κ3) is 9.28. The molecule has 1 aliphatic rings. The predicted molar refractivity (Wildman–Crippen MR) is 59.6 cm³/mol. The quantitative estimate of drug-likeness (QED) is 0.685. The summed E-state index contributed by atoms with van der Waals surface area (Å²) >= 11 is 0. The van der Waals surface area contributed by atoms with E-state index in [1.807, 2.05) is 0 Å². The molecule has 0 unspecified atom stereocenters. The molecular formula is C11H20N2O3. The molecule has 0 bridgehead atoms. The van der Waals surface area contributed by atoms with E-state index in [1.54, 1.807) is 20.8 Å². The van der Waals surface area contributed by atoms with Crippen molar-refractivity contribution in [3.8, 4) is 6.07 Å². The Bertz CT molecular complexity index is 247. The molecule has 1 aliphatic heterocycles. The van der Waals surface area contributed by atoms with Crippen LogP contribution >= 0.6 is 0 Å². The fourth-order valence-electron chi connectivity index (χ4n) is 1.13. The third-order valence-electron chi connectivity index (χ3n) is 1.81. The Balaban J connectivity index is 0.000000281. The molecule has 5 heteroatoms. The number of carbonyl (C=O) groups is 1. The molecule has 0 aromatic rings. The van der Waals surface area contributed by atoms with Gasteiger partial charge >= 0.3 is 6.09 Å². The van der Waals surface area contributed by atoms with E-state index in [9.17, 15) is 4.79 Å². The van der Waals surface area contributed by atoms with Crippen molar-refractivity contribution >= 4 is 6.09 Å². The maximum atomic E-state index is 10.0. The Morgan fingerprint density at radius 3 is 2.12 bits per heavy atom. The number of nitriles is 1. The molecule has 1 heterocycles. The largest absolute Gasteiger partial charge is 0.444 e. The van der Waals surface area contributed by atoms with Crippen LogP contribution in [0.25, 0.3) is 0 Å². The number of nitrogens with zero attached hydrogens (tertiary/aromatic N) is 1. The van der Waals surface area contributed by atoms with E-state index in [2.05, 4.69) is 10.8 Å². The molecule has 0 aliphatic carbocycles. The Kier molecular flexibility index (Phi) is 6.50. The molecule has 0 radical (unpaired) electrons. The van der Waals surface area contributed by atoms with Gasteiger partial charge in [-0.2, -0.15) is 5.26 Å². The van der Waals surface area contributed by atoms with Crippen LogP contribution < -0.4 is 5.73 Å². The predicted octanol–water partition coefficient (Wildman–Crippen LogP) is 1.82. The zero-order valence-corrected chi connectivity index (χ0v) is 10.2. The summed E-state index contributed by atoms with van der Waals surface area (Å²) in [6.07, 6.45) is 1.13. The second kappa shape index (κ2) is 7.07. The molecule has 0 spiro atoms. The van der Waals surface area contributed by atoms with Gasteiger partial charge in [-0.15, -0.1) is 0 Å². The maximum Gasteiger partial charge on any atom is 0.405 e. The van der Waals surface area contributed by atoms with Crippen molar-refractivity contribution in [3.63, 3.8) is 0 Å². The van der Waals surface area contributed by atoms with Crippen LogP contribution in [0.1, 0.15) is 33.6 Å². The zero-order chi connectivity index (χ0) is 12.6. The van der Waals surface area contributed by atoms with Gasteiger partial charge in [-0.1, -0.05) is 0 Å². The summed E-state index contributed by atoms with van der Waals surface area (Å²) in [6, 6.07) is 2.22. The van der Waals surface area contributed by atoms with Crippen LogP contribution in [-0.4, -0.2) is 24.9 Å². The highest BCUT2D eigenvalue weighted by atomic mass is 16.6. The first-order valence-corrected chi connectivity index (χ1v) is 5.31. The number of carbonyl (C=O) groups excluding carboxylic acids is 1. The summed E-state index contributed by atoms with van der Waals surface area (Å²) in [5.74, 6) is 0.267. The number of amides is 1. The minimum Gasteiger partial charge on any atom is -0.444 e. The molecule has 1 rings (SSSR count). The van der Waals surface area contributed by atoms with E-state index in [4.69, 9.17) is 15.7 Å². The van der Waals surface area contributed by atoms with E-state index < -0.39 is 11.7 Å². The van der Waals surface area contributed by atoms with Gasteiger partial charge in [-0.25, -0.2) is 4.79 Å². The van der Waals surface area contributed by atoms with Crippen LogP contribution in [0.2, 0.25) is 0 Å². The number of primary amides is 1. The molecule has 5 nitrogen and oxygen atoms in total. The van der Waals surface area contributed by atoms with Crippen molar-refractivity contribution in [2.24, 2.45) is 11.7 Å². The molecule has 0 aromatic carbocycles. The normalized spacial score (nSPS) is 16.6. The van der Waals surface area contributed by atoms with Crippen molar-refractivity contribution in [1.29, 1.82) is 5.26 Å². The minimum absolute atomic E-state index is 0.267. The summed E-state index contributed by atoms with van der Waals surface area (Å²) in [5, 5.41) is 8.39. The van der Waals surface area contributed by atoms with E-state index in [0.29, 0.717) is 0 Å². The van der Waals surface area contributed by atoms with Gasteiger partial charge in [-0.05, 0) is 33.6 Å². The number of ether oxygens (including phenoxy) is 2. The van der Waals surface area contributed by atoms with Crippen LogP contribution in [0, 0.1) is 17.2 Å². The van der Waals surface area contributed by atoms with E-state index >= 15 is 0 Å². The highest BCUT2D eigenvalue weighted by Gasteiger charge is 2.12. The molecule has 16 heavy (non-hydrogen) atoms. The first-order chi connectivity index (χ1) is 7.35. The SMILES string of the molecule is CC(C)(C)OC(N)=O.N#CC1CCOCC1. The summed E-state index contributed by atoms with van der Waals surface area (Å²) in [4.78, 5) is 10.0. The molecule has 2 N–H and O–H groups in total. The highest BCUT2D eigenvalue weighted by Crippen LogP contribution is 2.12. The van der Waals surface area contributed by atoms with Crippen LogP contribution in [0.5, 0.6) is 0 Å². The standard InChI is InChI=1S/C6H9NO.C5H11NO2/c7-5-6-1-3-8-4-2-6;1-5(2,3)8-4(6)7/h6H,1-4H2;1-3H3,(H2,6,7). The van der Waals surface area contributed by atoms with Gasteiger partial charge in [0.2, 0.25) is 0 Å². The van der Waals surface area contributed by atoms with Crippen LogP contribution in [-0.2, 0) is 9.47 Å². The summed E-state index contributed by atoms with van der Waals surface area (Å²) in [7, 11) is 0. The van der Waals surface area contributed by atoms with Gasteiger partial charge in [0.1, 0.15) is 5.60 Å². The van der Waals surface area contributed by atoms with Crippen LogP contribution in [0.4, 0.5) is 4.79 Å². The topological polar surface area (TPSA) is 85.3 Å².